The van der Waals surface area contributed by atoms with Crippen LogP contribution in [0.1, 0.15) is 26.7 Å². The molecule has 21 heavy (non-hydrogen) atoms. The van der Waals surface area contributed by atoms with Gasteiger partial charge in [-0.2, -0.15) is 5.10 Å². The Kier molecular flexibility index (Phi) is 4.50. The molecule has 0 aromatic carbocycles. The van der Waals surface area contributed by atoms with E-state index in [4.69, 9.17) is 0 Å². The number of carboxylic acid groups (broad SMARTS) is 1. The van der Waals surface area contributed by atoms with Crippen LogP contribution in [0, 0.1) is 5.41 Å². The molecule has 2 unspecified atom stereocenters. The molecule has 2 heterocycles. The van der Waals surface area contributed by atoms with Gasteiger partial charge in [0.05, 0.1) is 12.0 Å². The molecule has 1 aromatic heterocycles. The lowest BCUT2D eigenvalue weighted by Crippen LogP contribution is -2.45. The number of likely N-dealkylation sites (tertiary alicyclic amines) is 1. The molecule has 1 aliphatic rings. The van der Waals surface area contributed by atoms with Crippen LogP contribution in [-0.4, -0.2) is 50.9 Å². The average Bonchev–Trinajstić information content (AvgIpc) is 3.07. The number of amides is 2. The Morgan fingerprint density at radius 1 is 1.52 bits per heavy atom. The van der Waals surface area contributed by atoms with E-state index < -0.39 is 11.4 Å². The maximum Gasteiger partial charge on any atom is 0.317 e. The molecule has 2 amide bonds. The quantitative estimate of drug-likeness (QED) is 0.853. The van der Waals surface area contributed by atoms with Gasteiger partial charge in [0.1, 0.15) is 0 Å². The van der Waals surface area contributed by atoms with E-state index in [1.54, 1.807) is 15.8 Å². The zero-order valence-electron chi connectivity index (χ0n) is 12.5. The van der Waals surface area contributed by atoms with Crippen molar-refractivity contribution in [2.45, 2.75) is 39.3 Å². The predicted molar refractivity (Wildman–Crippen MR) is 76.8 cm³/mol. The van der Waals surface area contributed by atoms with Crippen LogP contribution in [-0.2, 0) is 11.3 Å². The first-order valence-corrected chi connectivity index (χ1v) is 7.23. The highest BCUT2D eigenvalue weighted by Gasteiger charge is 2.44. The number of carboxylic acids is 1. The summed E-state index contributed by atoms with van der Waals surface area (Å²) in [5.74, 6) is -0.815. The first-order valence-electron chi connectivity index (χ1n) is 7.23. The summed E-state index contributed by atoms with van der Waals surface area (Å²) in [6, 6.07) is 1.56. The first-order chi connectivity index (χ1) is 9.97. The number of carbonyl (C=O) groups excluding carboxylic acids is 1. The molecule has 1 aromatic rings. The van der Waals surface area contributed by atoms with E-state index in [-0.39, 0.29) is 18.6 Å². The lowest BCUT2D eigenvalue weighted by Gasteiger charge is -2.24. The number of rotatable bonds is 5. The maximum absolute atomic E-state index is 12.2. The van der Waals surface area contributed by atoms with E-state index in [0.29, 0.717) is 25.9 Å². The van der Waals surface area contributed by atoms with Crippen LogP contribution in [0.4, 0.5) is 4.79 Å². The molecule has 2 atom stereocenters. The summed E-state index contributed by atoms with van der Waals surface area (Å²) in [6.45, 7) is 5.11. The van der Waals surface area contributed by atoms with Crippen LogP contribution in [0.25, 0.3) is 0 Å². The topological polar surface area (TPSA) is 87.5 Å². The third-order valence-electron chi connectivity index (χ3n) is 4.16. The molecule has 1 fully saturated rings. The van der Waals surface area contributed by atoms with Crippen molar-refractivity contribution in [1.82, 2.24) is 20.0 Å². The molecular formula is C14H22N4O3. The van der Waals surface area contributed by atoms with Crippen molar-refractivity contribution in [2.75, 3.05) is 13.1 Å². The van der Waals surface area contributed by atoms with Crippen molar-refractivity contribution in [3.8, 4) is 0 Å². The molecule has 7 heteroatoms. The van der Waals surface area contributed by atoms with Crippen LogP contribution in [0.5, 0.6) is 0 Å². The highest BCUT2D eigenvalue weighted by molar-refractivity contribution is 5.79. The minimum Gasteiger partial charge on any atom is -0.481 e. The summed E-state index contributed by atoms with van der Waals surface area (Å²) in [6.07, 6.45) is 4.58. The highest BCUT2D eigenvalue weighted by Crippen LogP contribution is 2.34. The Morgan fingerprint density at radius 2 is 2.29 bits per heavy atom. The molecule has 0 radical (unpaired) electrons. The second-order valence-corrected chi connectivity index (χ2v) is 5.69. The van der Waals surface area contributed by atoms with Gasteiger partial charge in [0.25, 0.3) is 0 Å². The Labute approximate surface area is 123 Å². The van der Waals surface area contributed by atoms with Gasteiger partial charge in [0.2, 0.25) is 0 Å². The van der Waals surface area contributed by atoms with Gasteiger partial charge in [-0.05, 0) is 25.8 Å². The van der Waals surface area contributed by atoms with Gasteiger partial charge in [-0.25, -0.2) is 4.79 Å². The van der Waals surface area contributed by atoms with Crippen LogP contribution < -0.4 is 5.32 Å². The number of urea groups is 1. The fourth-order valence-corrected chi connectivity index (χ4v) is 2.70. The Balaban J connectivity index is 1.88. The number of hydrogen-bond donors (Lipinski definition) is 2. The molecule has 2 rings (SSSR count). The number of aromatic nitrogens is 2. The van der Waals surface area contributed by atoms with Gasteiger partial charge >= 0.3 is 12.0 Å². The molecule has 0 spiro atoms. The molecule has 1 saturated heterocycles. The SMILES string of the molecule is CCC1(C(=O)O)CCN(C(=O)NC(C)Cn2cccn2)C1. The fourth-order valence-electron chi connectivity index (χ4n) is 2.70. The van der Waals surface area contributed by atoms with Crippen molar-refractivity contribution < 1.29 is 14.7 Å². The molecule has 116 valence electrons. The lowest BCUT2D eigenvalue weighted by atomic mass is 9.84. The summed E-state index contributed by atoms with van der Waals surface area (Å²) in [5.41, 5.74) is -0.789. The van der Waals surface area contributed by atoms with Crippen molar-refractivity contribution in [1.29, 1.82) is 0 Å². The Hall–Kier alpha value is -2.05. The fraction of sp³-hybridized carbons (Fsp3) is 0.643. The largest absolute Gasteiger partial charge is 0.481 e. The first kappa shape index (κ1) is 15.3. The van der Waals surface area contributed by atoms with E-state index >= 15 is 0 Å². The average molecular weight is 294 g/mol. The molecule has 0 saturated carbocycles. The summed E-state index contributed by atoms with van der Waals surface area (Å²) >= 11 is 0. The van der Waals surface area contributed by atoms with Gasteiger partial charge < -0.3 is 15.3 Å². The highest BCUT2D eigenvalue weighted by atomic mass is 16.4. The normalized spacial score (nSPS) is 23.0. The van der Waals surface area contributed by atoms with E-state index in [2.05, 4.69) is 10.4 Å². The van der Waals surface area contributed by atoms with E-state index in [1.807, 2.05) is 26.1 Å². The molecule has 0 aliphatic carbocycles. The van der Waals surface area contributed by atoms with Gasteiger partial charge in [-0.15, -0.1) is 0 Å². The summed E-state index contributed by atoms with van der Waals surface area (Å²) in [4.78, 5) is 25.2. The van der Waals surface area contributed by atoms with Crippen molar-refractivity contribution in [3.05, 3.63) is 18.5 Å². The zero-order valence-corrected chi connectivity index (χ0v) is 12.5. The minimum absolute atomic E-state index is 0.0705. The number of hydrogen-bond acceptors (Lipinski definition) is 3. The number of nitrogens with zero attached hydrogens (tertiary/aromatic N) is 3. The molecular weight excluding hydrogens is 272 g/mol. The zero-order chi connectivity index (χ0) is 15.5. The van der Waals surface area contributed by atoms with Crippen molar-refractivity contribution in [3.63, 3.8) is 0 Å². The van der Waals surface area contributed by atoms with Gasteiger partial charge in [0, 0.05) is 31.5 Å². The molecule has 2 N–H and O–H groups in total. The molecule has 0 bridgehead atoms. The van der Waals surface area contributed by atoms with Crippen LogP contribution in [0.3, 0.4) is 0 Å². The van der Waals surface area contributed by atoms with Crippen LogP contribution >= 0.6 is 0 Å². The number of carbonyl (C=O) groups is 2. The predicted octanol–water partition coefficient (Wildman–Crippen LogP) is 1.17. The number of nitrogens with one attached hydrogen (secondary N) is 1. The number of aliphatic carboxylic acids is 1. The van der Waals surface area contributed by atoms with E-state index in [0.717, 1.165) is 0 Å². The van der Waals surface area contributed by atoms with Crippen LogP contribution in [0.15, 0.2) is 18.5 Å². The Bertz CT molecular complexity index is 502. The maximum atomic E-state index is 12.2. The summed E-state index contributed by atoms with van der Waals surface area (Å²) in [7, 11) is 0. The van der Waals surface area contributed by atoms with Gasteiger partial charge in [0.15, 0.2) is 0 Å². The third-order valence-corrected chi connectivity index (χ3v) is 4.16. The standard InChI is InChI=1S/C14H22N4O3/c1-3-14(12(19)20)5-8-17(10-14)13(21)16-11(2)9-18-7-4-6-15-18/h4,6-7,11H,3,5,8-10H2,1-2H3,(H,16,21)(H,19,20). The van der Waals surface area contributed by atoms with Gasteiger partial charge in [-0.1, -0.05) is 6.92 Å². The van der Waals surface area contributed by atoms with E-state index in [9.17, 15) is 14.7 Å². The van der Waals surface area contributed by atoms with Crippen molar-refractivity contribution >= 4 is 12.0 Å². The summed E-state index contributed by atoms with van der Waals surface area (Å²) < 4.78 is 1.75. The lowest BCUT2D eigenvalue weighted by molar-refractivity contribution is -0.148. The third kappa shape index (κ3) is 3.34. The monoisotopic (exact) mass is 294 g/mol. The van der Waals surface area contributed by atoms with E-state index in [1.165, 1.54) is 0 Å². The second-order valence-electron chi connectivity index (χ2n) is 5.69. The summed E-state index contributed by atoms with van der Waals surface area (Å²) in [5, 5.41) is 16.3. The van der Waals surface area contributed by atoms with Crippen LogP contribution in [0.2, 0.25) is 0 Å². The second kappa shape index (κ2) is 6.15. The smallest absolute Gasteiger partial charge is 0.317 e. The molecule has 7 nitrogen and oxygen atoms in total. The van der Waals surface area contributed by atoms with Crippen molar-refractivity contribution in [2.24, 2.45) is 5.41 Å². The molecule has 1 aliphatic heterocycles. The van der Waals surface area contributed by atoms with Gasteiger partial charge in [-0.3, -0.25) is 9.48 Å². The Morgan fingerprint density at radius 3 is 2.81 bits per heavy atom. The minimum atomic E-state index is -0.815.